The highest BCUT2D eigenvalue weighted by molar-refractivity contribution is 7.66. The fourth-order valence-corrected chi connectivity index (χ4v) is 4.87. The molecule has 14 heteroatoms. The van der Waals surface area contributed by atoms with E-state index in [1.165, 1.54) is 0 Å². The van der Waals surface area contributed by atoms with Crippen LogP contribution in [0.15, 0.2) is 0 Å². The van der Waals surface area contributed by atoms with Gasteiger partial charge in [-0.1, -0.05) is 6.92 Å². The van der Waals surface area contributed by atoms with Crippen molar-refractivity contribution in [2.24, 2.45) is 5.92 Å². The lowest BCUT2D eigenvalue weighted by Crippen LogP contribution is -2.20. The first-order valence-corrected chi connectivity index (χ1v) is 10.3. The molecule has 11 nitrogen and oxygen atoms in total. The third-order valence-electron chi connectivity index (χ3n) is 2.56. The molecule has 1 heterocycles. The molecule has 5 atom stereocenters. The molecular weight excluding hydrogens is 353 g/mol. The van der Waals surface area contributed by atoms with Crippen molar-refractivity contribution in [2.75, 3.05) is 6.61 Å². The molecule has 1 saturated heterocycles. The molecule has 0 aromatic rings. The van der Waals surface area contributed by atoms with Crippen molar-refractivity contribution in [2.45, 2.75) is 32.5 Å². The molecule has 1 aliphatic heterocycles. The van der Waals surface area contributed by atoms with Crippen LogP contribution in [-0.4, -0.2) is 38.4 Å². The standard InChI is InChI=1S/C7H17O11P3/c1-5-3-6(2)16-7(5)4-15-20(11,12)18-21(13,14)17-19(8,9)10/h5-7H,3-4H2,1-2H3,(H,11,12)(H,13,14)(H2,8,9,10). The Morgan fingerprint density at radius 1 is 1.05 bits per heavy atom. The van der Waals surface area contributed by atoms with Crippen molar-refractivity contribution in [3.8, 4) is 0 Å². The van der Waals surface area contributed by atoms with Gasteiger partial charge in [-0.15, -0.1) is 0 Å². The third-order valence-corrected chi connectivity index (χ3v) is 6.37. The van der Waals surface area contributed by atoms with Gasteiger partial charge in [-0.25, -0.2) is 13.7 Å². The quantitative estimate of drug-likeness (QED) is 0.474. The summed E-state index contributed by atoms with van der Waals surface area (Å²) in [4.78, 5) is 34.9. The zero-order chi connectivity index (χ0) is 16.5. The molecule has 0 amide bonds. The number of phosphoric ester groups is 1. The summed E-state index contributed by atoms with van der Waals surface area (Å²) in [6, 6.07) is 0. The van der Waals surface area contributed by atoms with Crippen LogP contribution >= 0.6 is 23.5 Å². The monoisotopic (exact) mass is 370 g/mol. The van der Waals surface area contributed by atoms with E-state index in [-0.39, 0.29) is 12.0 Å². The van der Waals surface area contributed by atoms with E-state index in [0.29, 0.717) is 6.42 Å². The van der Waals surface area contributed by atoms with Crippen molar-refractivity contribution in [1.29, 1.82) is 0 Å². The maximum atomic E-state index is 11.5. The molecule has 0 aliphatic carbocycles. The highest BCUT2D eigenvalue weighted by atomic mass is 31.3. The van der Waals surface area contributed by atoms with Crippen LogP contribution in [0.3, 0.4) is 0 Å². The zero-order valence-corrected chi connectivity index (χ0v) is 13.8. The van der Waals surface area contributed by atoms with Crippen molar-refractivity contribution >= 4 is 23.5 Å². The average molecular weight is 370 g/mol. The Morgan fingerprint density at radius 2 is 1.62 bits per heavy atom. The number of ether oxygens (including phenoxy) is 1. The summed E-state index contributed by atoms with van der Waals surface area (Å²) in [6.07, 6.45) is 0.143. The molecule has 1 aliphatic rings. The molecule has 0 bridgehead atoms. The number of rotatable bonds is 7. The number of hydrogen-bond acceptors (Lipinski definition) is 7. The molecule has 21 heavy (non-hydrogen) atoms. The highest BCUT2D eigenvalue weighted by Gasteiger charge is 2.41. The van der Waals surface area contributed by atoms with Crippen LogP contribution < -0.4 is 0 Å². The summed E-state index contributed by atoms with van der Waals surface area (Å²) < 4.78 is 50.0. The minimum absolute atomic E-state index is 0.0345. The van der Waals surface area contributed by atoms with Crippen molar-refractivity contribution in [3.63, 3.8) is 0 Å². The number of phosphoric acid groups is 3. The Balaban J connectivity index is 2.56. The predicted molar refractivity (Wildman–Crippen MR) is 67.9 cm³/mol. The molecule has 0 saturated carbocycles. The molecular formula is C7H17O11P3. The second-order valence-corrected chi connectivity index (χ2v) is 9.00. The summed E-state index contributed by atoms with van der Waals surface area (Å²) in [6.45, 7) is 3.24. The van der Waals surface area contributed by atoms with Crippen molar-refractivity contribution in [1.82, 2.24) is 0 Å². The van der Waals surface area contributed by atoms with E-state index in [2.05, 4.69) is 13.1 Å². The van der Waals surface area contributed by atoms with Crippen LogP contribution in [0, 0.1) is 5.92 Å². The Labute approximate surface area is 120 Å². The molecule has 5 unspecified atom stereocenters. The molecule has 4 N–H and O–H groups in total. The van der Waals surface area contributed by atoms with E-state index in [0.717, 1.165) is 0 Å². The summed E-state index contributed by atoms with van der Waals surface area (Å²) in [7, 11) is -15.9. The normalized spacial score (nSPS) is 32.6. The zero-order valence-electron chi connectivity index (χ0n) is 11.1. The summed E-state index contributed by atoms with van der Waals surface area (Å²) in [5.74, 6) is 0.0345. The minimum atomic E-state index is -5.47. The first-order chi connectivity index (χ1) is 9.30. The Bertz CT molecular complexity index is 500. The van der Waals surface area contributed by atoms with Gasteiger partial charge in [-0.2, -0.15) is 8.62 Å². The lowest BCUT2D eigenvalue weighted by molar-refractivity contribution is 0.00796. The Morgan fingerprint density at radius 3 is 2.05 bits per heavy atom. The number of hydrogen-bond donors (Lipinski definition) is 4. The fraction of sp³-hybridized carbons (Fsp3) is 1.00. The van der Waals surface area contributed by atoms with Gasteiger partial charge >= 0.3 is 23.5 Å². The van der Waals surface area contributed by atoms with E-state index in [9.17, 15) is 18.6 Å². The maximum absolute atomic E-state index is 11.5. The van der Waals surface area contributed by atoms with Gasteiger partial charge in [0.15, 0.2) is 0 Å². The molecule has 0 spiro atoms. The Kier molecular flexibility index (Phi) is 6.35. The molecule has 126 valence electrons. The summed E-state index contributed by atoms with van der Waals surface area (Å²) >= 11 is 0. The minimum Gasteiger partial charge on any atom is -0.373 e. The van der Waals surface area contributed by atoms with E-state index >= 15 is 0 Å². The SMILES string of the molecule is CC1CC(C)C(COP(=O)(O)OP(=O)(O)OP(=O)(O)O)O1. The van der Waals surface area contributed by atoms with Gasteiger partial charge in [0.25, 0.3) is 0 Å². The highest BCUT2D eigenvalue weighted by Crippen LogP contribution is 2.66. The van der Waals surface area contributed by atoms with Crippen LogP contribution in [0.5, 0.6) is 0 Å². The molecule has 1 fully saturated rings. The van der Waals surface area contributed by atoms with Gasteiger partial charge in [0.05, 0.1) is 18.8 Å². The summed E-state index contributed by atoms with van der Waals surface area (Å²) in [5, 5.41) is 0. The Hall–Kier alpha value is 0.370. The maximum Gasteiger partial charge on any atom is 0.490 e. The van der Waals surface area contributed by atoms with E-state index in [1.807, 2.05) is 6.92 Å². The van der Waals surface area contributed by atoms with Crippen LogP contribution in [0.2, 0.25) is 0 Å². The smallest absolute Gasteiger partial charge is 0.373 e. The first kappa shape index (κ1) is 19.4. The van der Waals surface area contributed by atoms with Gasteiger partial charge in [-0.3, -0.25) is 4.52 Å². The predicted octanol–water partition coefficient (Wildman–Crippen LogP) is 1.14. The molecule has 0 aromatic heterocycles. The van der Waals surface area contributed by atoms with Crippen LogP contribution in [0.1, 0.15) is 20.3 Å². The topological polar surface area (TPSA) is 169 Å². The fourth-order valence-electron chi connectivity index (χ4n) is 1.84. The van der Waals surface area contributed by atoms with Crippen LogP contribution in [-0.2, 0) is 31.6 Å². The van der Waals surface area contributed by atoms with Gasteiger partial charge in [0, 0.05) is 0 Å². The molecule has 0 aromatic carbocycles. The van der Waals surface area contributed by atoms with Crippen LogP contribution in [0.25, 0.3) is 0 Å². The van der Waals surface area contributed by atoms with Crippen LogP contribution in [0.4, 0.5) is 0 Å². The third kappa shape index (κ3) is 7.45. The van der Waals surface area contributed by atoms with E-state index in [1.54, 1.807) is 6.92 Å². The van der Waals surface area contributed by atoms with Crippen molar-refractivity contribution in [3.05, 3.63) is 0 Å². The molecule has 1 rings (SSSR count). The second kappa shape index (κ2) is 6.86. The van der Waals surface area contributed by atoms with Gasteiger partial charge < -0.3 is 24.3 Å². The summed E-state index contributed by atoms with van der Waals surface area (Å²) in [5.41, 5.74) is 0. The first-order valence-electron chi connectivity index (χ1n) is 5.73. The molecule has 0 radical (unpaired) electrons. The lowest BCUT2D eigenvalue weighted by Gasteiger charge is -2.19. The van der Waals surface area contributed by atoms with Gasteiger partial charge in [0.1, 0.15) is 0 Å². The van der Waals surface area contributed by atoms with Gasteiger partial charge in [0.2, 0.25) is 0 Å². The van der Waals surface area contributed by atoms with Crippen molar-refractivity contribution < 1.29 is 51.2 Å². The largest absolute Gasteiger partial charge is 0.490 e. The van der Waals surface area contributed by atoms with E-state index < -0.39 is 36.2 Å². The van der Waals surface area contributed by atoms with E-state index in [4.69, 9.17) is 19.4 Å². The average Bonchev–Trinajstić information content (AvgIpc) is 2.48. The van der Waals surface area contributed by atoms with Gasteiger partial charge in [-0.05, 0) is 19.3 Å². The second-order valence-electron chi connectivity index (χ2n) is 4.58. The lowest BCUT2D eigenvalue weighted by atomic mass is 10.0.